The Morgan fingerprint density at radius 2 is 1.74 bits per heavy atom. The van der Waals surface area contributed by atoms with E-state index in [2.05, 4.69) is 34.1 Å². The molecule has 3 nitrogen and oxygen atoms in total. The van der Waals surface area contributed by atoms with Gasteiger partial charge in [-0.1, -0.05) is 52.3 Å². The Balaban J connectivity index is 1.80. The highest BCUT2D eigenvalue weighted by Gasteiger charge is 2.10. The van der Waals surface area contributed by atoms with Gasteiger partial charge in [0.2, 0.25) is 0 Å². The molecule has 0 spiro atoms. The highest BCUT2D eigenvalue weighted by Crippen LogP contribution is 2.31. The second-order valence-electron chi connectivity index (χ2n) is 6.64. The molecular weight excluding hydrogens is 404 g/mol. The first-order chi connectivity index (χ1) is 13.1. The highest BCUT2D eigenvalue weighted by molar-refractivity contribution is 9.10. The molecule has 0 fully saturated rings. The molecule has 0 aliphatic carbocycles. The summed E-state index contributed by atoms with van der Waals surface area (Å²) < 4.78 is 13.0. The minimum absolute atomic E-state index is 0.304. The van der Waals surface area contributed by atoms with Crippen LogP contribution < -0.4 is 9.47 Å². The van der Waals surface area contributed by atoms with Gasteiger partial charge >= 0.3 is 0 Å². The smallest absolute Gasteiger partial charge is 0.161 e. The topological polar surface area (TPSA) is 38.7 Å². The van der Waals surface area contributed by atoms with Crippen molar-refractivity contribution in [2.24, 2.45) is 0 Å². The van der Waals surface area contributed by atoms with Gasteiger partial charge in [0.15, 0.2) is 11.5 Å². The fourth-order valence-corrected chi connectivity index (χ4v) is 3.59. The van der Waals surface area contributed by atoms with Crippen LogP contribution in [0, 0.1) is 0 Å². The van der Waals surface area contributed by atoms with Crippen molar-refractivity contribution in [1.29, 1.82) is 0 Å². The van der Waals surface area contributed by atoms with Gasteiger partial charge in [-0.2, -0.15) is 0 Å². The molecule has 0 aromatic heterocycles. The molecule has 4 heteroatoms. The highest BCUT2D eigenvalue weighted by atomic mass is 79.9. The molecule has 1 unspecified atom stereocenters. The SMILES string of the molecule is CCOc1cc(CCC(C)O)ccc1OCc1cccc2c(Br)cccc12. The Morgan fingerprint density at radius 3 is 2.52 bits per heavy atom. The van der Waals surface area contributed by atoms with Gasteiger partial charge < -0.3 is 14.6 Å². The summed E-state index contributed by atoms with van der Waals surface area (Å²) in [5.74, 6) is 1.49. The van der Waals surface area contributed by atoms with Crippen LogP contribution in [0.25, 0.3) is 10.8 Å². The lowest BCUT2D eigenvalue weighted by molar-refractivity contribution is 0.185. The lowest BCUT2D eigenvalue weighted by Gasteiger charge is -2.15. The number of hydrogen-bond acceptors (Lipinski definition) is 3. The lowest BCUT2D eigenvalue weighted by Crippen LogP contribution is -2.03. The molecule has 27 heavy (non-hydrogen) atoms. The van der Waals surface area contributed by atoms with Crippen LogP contribution in [0.1, 0.15) is 31.4 Å². The number of ether oxygens (including phenoxy) is 2. The minimum atomic E-state index is -0.304. The number of aliphatic hydroxyl groups is 1. The fourth-order valence-electron chi connectivity index (χ4n) is 3.09. The van der Waals surface area contributed by atoms with Crippen LogP contribution in [-0.2, 0) is 13.0 Å². The number of rotatable bonds is 8. The van der Waals surface area contributed by atoms with E-state index in [4.69, 9.17) is 9.47 Å². The monoisotopic (exact) mass is 428 g/mol. The van der Waals surface area contributed by atoms with E-state index in [9.17, 15) is 5.11 Å². The van der Waals surface area contributed by atoms with E-state index < -0.39 is 0 Å². The van der Waals surface area contributed by atoms with Crippen molar-refractivity contribution in [3.63, 3.8) is 0 Å². The zero-order chi connectivity index (χ0) is 19.2. The molecule has 0 heterocycles. The predicted octanol–water partition coefficient (Wildman–Crippen LogP) is 5.89. The standard InChI is InChI=1S/C23H25BrO3/c1-3-26-23-14-17(11-10-16(2)25)12-13-22(23)27-15-18-6-4-8-20-19(18)7-5-9-21(20)24/h4-9,12-14,16,25H,3,10-11,15H2,1-2H3. The fraction of sp³-hybridized carbons (Fsp3) is 0.304. The summed E-state index contributed by atoms with van der Waals surface area (Å²) in [6.07, 6.45) is 1.24. The largest absolute Gasteiger partial charge is 0.490 e. The molecule has 1 N–H and O–H groups in total. The molecular formula is C23H25BrO3. The Hall–Kier alpha value is -2.04. The van der Waals surface area contributed by atoms with Crippen molar-refractivity contribution in [1.82, 2.24) is 0 Å². The van der Waals surface area contributed by atoms with Gasteiger partial charge in [-0.15, -0.1) is 0 Å². The van der Waals surface area contributed by atoms with E-state index in [-0.39, 0.29) is 6.10 Å². The van der Waals surface area contributed by atoms with Crippen LogP contribution in [0.3, 0.4) is 0 Å². The third-order valence-corrected chi connectivity index (χ3v) is 5.19. The molecule has 0 radical (unpaired) electrons. The molecule has 0 saturated carbocycles. The van der Waals surface area contributed by atoms with E-state index in [1.165, 1.54) is 10.8 Å². The number of halogens is 1. The Morgan fingerprint density at radius 1 is 0.963 bits per heavy atom. The first-order valence-electron chi connectivity index (χ1n) is 9.31. The maximum absolute atomic E-state index is 9.50. The molecule has 3 aromatic carbocycles. The van der Waals surface area contributed by atoms with E-state index in [1.54, 1.807) is 0 Å². The van der Waals surface area contributed by atoms with Crippen LogP contribution in [-0.4, -0.2) is 17.8 Å². The van der Waals surface area contributed by atoms with Gasteiger partial charge in [-0.3, -0.25) is 0 Å². The van der Waals surface area contributed by atoms with Crippen molar-refractivity contribution in [3.05, 3.63) is 70.2 Å². The van der Waals surface area contributed by atoms with Gasteiger partial charge in [0.25, 0.3) is 0 Å². The number of fused-ring (bicyclic) bond motifs is 1. The zero-order valence-electron chi connectivity index (χ0n) is 15.7. The minimum Gasteiger partial charge on any atom is -0.490 e. The van der Waals surface area contributed by atoms with E-state index in [0.29, 0.717) is 13.2 Å². The maximum atomic E-state index is 9.50. The summed E-state index contributed by atoms with van der Waals surface area (Å²) in [6, 6.07) is 18.5. The molecule has 0 saturated heterocycles. The molecule has 3 rings (SSSR count). The van der Waals surface area contributed by atoms with Crippen LogP contribution in [0.15, 0.2) is 59.1 Å². The van der Waals surface area contributed by atoms with Crippen LogP contribution in [0.4, 0.5) is 0 Å². The predicted molar refractivity (Wildman–Crippen MR) is 114 cm³/mol. The van der Waals surface area contributed by atoms with Crippen LogP contribution >= 0.6 is 15.9 Å². The summed E-state index contributed by atoms with van der Waals surface area (Å²) in [5, 5.41) is 11.9. The van der Waals surface area contributed by atoms with E-state index in [0.717, 1.165) is 39.9 Å². The number of aliphatic hydroxyl groups excluding tert-OH is 1. The third kappa shape index (κ3) is 5.02. The quantitative estimate of drug-likeness (QED) is 0.485. The summed E-state index contributed by atoms with van der Waals surface area (Å²) >= 11 is 3.61. The second kappa shape index (κ2) is 9.25. The molecule has 0 aliphatic rings. The van der Waals surface area contributed by atoms with Gasteiger partial charge in [0, 0.05) is 4.47 Å². The van der Waals surface area contributed by atoms with Gasteiger partial charge in [0.1, 0.15) is 6.61 Å². The number of hydrogen-bond donors (Lipinski definition) is 1. The molecule has 0 aliphatic heterocycles. The van der Waals surface area contributed by atoms with Crippen LogP contribution in [0.5, 0.6) is 11.5 Å². The zero-order valence-corrected chi connectivity index (χ0v) is 17.3. The van der Waals surface area contributed by atoms with Crippen molar-refractivity contribution in [2.45, 2.75) is 39.4 Å². The van der Waals surface area contributed by atoms with E-state index >= 15 is 0 Å². The average molecular weight is 429 g/mol. The van der Waals surface area contributed by atoms with Crippen LogP contribution in [0.2, 0.25) is 0 Å². The molecule has 142 valence electrons. The summed E-state index contributed by atoms with van der Waals surface area (Å²) in [6.45, 7) is 4.83. The molecule has 1 atom stereocenters. The van der Waals surface area contributed by atoms with Crippen molar-refractivity contribution in [3.8, 4) is 11.5 Å². The second-order valence-corrected chi connectivity index (χ2v) is 7.50. The Bertz CT molecular complexity index is 905. The van der Waals surface area contributed by atoms with Crippen molar-refractivity contribution >= 4 is 26.7 Å². The van der Waals surface area contributed by atoms with Crippen molar-refractivity contribution < 1.29 is 14.6 Å². The first-order valence-corrected chi connectivity index (χ1v) is 10.1. The summed E-state index contributed by atoms with van der Waals surface area (Å²) in [4.78, 5) is 0. The van der Waals surface area contributed by atoms with Crippen molar-refractivity contribution in [2.75, 3.05) is 6.61 Å². The molecule has 0 bridgehead atoms. The van der Waals surface area contributed by atoms with Gasteiger partial charge in [-0.25, -0.2) is 0 Å². The molecule has 3 aromatic rings. The maximum Gasteiger partial charge on any atom is 0.161 e. The normalized spacial score (nSPS) is 12.1. The first kappa shape index (κ1) is 19.7. The summed E-state index contributed by atoms with van der Waals surface area (Å²) in [5.41, 5.74) is 2.27. The van der Waals surface area contributed by atoms with E-state index in [1.807, 2.05) is 50.2 Å². The molecule has 0 amide bonds. The number of aryl methyl sites for hydroxylation is 1. The Kier molecular flexibility index (Phi) is 6.75. The third-order valence-electron chi connectivity index (χ3n) is 4.50. The van der Waals surface area contributed by atoms with Gasteiger partial charge in [-0.05, 0) is 66.8 Å². The summed E-state index contributed by atoms with van der Waals surface area (Å²) in [7, 11) is 0. The average Bonchev–Trinajstić information content (AvgIpc) is 2.66. The van der Waals surface area contributed by atoms with Gasteiger partial charge in [0.05, 0.1) is 12.7 Å². The number of benzene rings is 3. The Labute approximate surface area is 169 Å². The lowest BCUT2D eigenvalue weighted by atomic mass is 10.1.